The zero-order valence-corrected chi connectivity index (χ0v) is 18.2. The van der Waals surface area contributed by atoms with Gasteiger partial charge in [0, 0.05) is 30.9 Å². The second kappa shape index (κ2) is 9.51. The Morgan fingerprint density at radius 2 is 2.06 bits per heavy atom. The van der Waals surface area contributed by atoms with Crippen molar-refractivity contribution in [3.63, 3.8) is 0 Å². The number of nitrogens with zero attached hydrogens (tertiary/aromatic N) is 2. The molecule has 1 aliphatic carbocycles. The van der Waals surface area contributed by atoms with Gasteiger partial charge in [0.05, 0.1) is 12.8 Å². The van der Waals surface area contributed by atoms with Gasteiger partial charge in [0.15, 0.2) is 6.29 Å². The first-order chi connectivity index (χ1) is 15.1. The van der Waals surface area contributed by atoms with E-state index < -0.39 is 6.29 Å². The van der Waals surface area contributed by atoms with E-state index in [1.54, 1.807) is 11.8 Å². The minimum Gasteiger partial charge on any atom is -0.497 e. The molecule has 2 aliphatic rings. The van der Waals surface area contributed by atoms with Crippen LogP contribution in [0.1, 0.15) is 68.9 Å². The van der Waals surface area contributed by atoms with Crippen molar-refractivity contribution in [2.75, 3.05) is 12.4 Å². The van der Waals surface area contributed by atoms with Gasteiger partial charge in [0.2, 0.25) is 11.8 Å². The summed E-state index contributed by atoms with van der Waals surface area (Å²) in [5.74, 6) is 1.79. The quantitative estimate of drug-likeness (QED) is 0.574. The number of methoxy groups -OCH3 is 1. The van der Waals surface area contributed by atoms with Gasteiger partial charge in [-0.05, 0) is 43.4 Å². The van der Waals surface area contributed by atoms with Gasteiger partial charge in [-0.3, -0.25) is 14.9 Å². The number of carbonyl (C=O) groups is 2. The van der Waals surface area contributed by atoms with E-state index in [4.69, 9.17) is 9.84 Å². The Labute approximate surface area is 182 Å². The van der Waals surface area contributed by atoms with Crippen molar-refractivity contribution in [3.8, 4) is 5.75 Å². The number of aryl methyl sites for hydroxylation is 1. The highest BCUT2D eigenvalue weighted by molar-refractivity contribution is 5.90. The fourth-order valence-electron chi connectivity index (χ4n) is 3.96. The minimum atomic E-state index is -0.456. The third-order valence-electron chi connectivity index (χ3n) is 5.82. The molecule has 166 valence electrons. The molecule has 2 heterocycles. The van der Waals surface area contributed by atoms with Gasteiger partial charge in [-0.2, -0.15) is 5.10 Å². The molecule has 2 aromatic rings. The summed E-state index contributed by atoms with van der Waals surface area (Å²) in [6.45, 7) is 2.11. The first-order valence-corrected chi connectivity index (χ1v) is 11.1. The van der Waals surface area contributed by atoms with E-state index in [0.29, 0.717) is 31.0 Å². The Balaban J connectivity index is 1.44. The molecule has 2 amide bonds. The van der Waals surface area contributed by atoms with E-state index in [9.17, 15) is 9.59 Å². The standard InChI is InChI=1S/C23H31N5O3/c1-3-4-17-13-22(30)26-23(24-17)28-20(14-19(27-28)16-8-9-16)25-21(29)12-7-15-5-10-18(31-2)11-6-15/h5-6,10-11,14,16-17,23-24H,3-4,7-9,12-13H2,1-2H3,(H,25,29)(H,26,30). The summed E-state index contributed by atoms with van der Waals surface area (Å²) in [5, 5.41) is 14.2. The van der Waals surface area contributed by atoms with Crippen molar-refractivity contribution in [1.29, 1.82) is 0 Å². The van der Waals surface area contributed by atoms with E-state index in [1.807, 2.05) is 30.3 Å². The number of hydrogen-bond donors (Lipinski definition) is 3. The lowest BCUT2D eigenvalue weighted by molar-refractivity contribution is -0.125. The Kier molecular flexibility index (Phi) is 6.56. The maximum absolute atomic E-state index is 12.7. The molecule has 8 nitrogen and oxygen atoms in total. The lowest BCUT2D eigenvalue weighted by Crippen LogP contribution is -2.53. The molecule has 1 aromatic heterocycles. The normalized spacial score (nSPS) is 20.9. The van der Waals surface area contributed by atoms with Crippen LogP contribution in [-0.2, 0) is 16.0 Å². The van der Waals surface area contributed by atoms with Crippen molar-refractivity contribution in [3.05, 3.63) is 41.6 Å². The van der Waals surface area contributed by atoms with Crippen LogP contribution in [0.3, 0.4) is 0 Å². The highest BCUT2D eigenvalue weighted by Crippen LogP contribution is 2.40. The number of aromatic nitrogens is 2. The molecule has 0 bridgehead atoms. The van der Waals surface area contributed by atoms with Crippen LogP contribution in [0.5, 0.6) is 5.75 Å². The van der Waals surface area contributed by atoms with E-state index in [-0.39, 0.29) is 17.9 Å². The predicted octanol–water partition coefficient (Wildman–Crippen LogP) is 3.07. The van der Waals surface area contributed by atoms with Gasteiger partial charge in [-0.15, -0.1) is 0 Å². The highest BCUT2D eigenvalue weighted by Gasteiger charge is 2.32. The fourth-order valence-corrected chi connectivity index (χ4v) is 3.96. The van der Waals surface area contributed by atoms with Gasteiger partial charge in [0.1, 0.15) is 11.6 Å². The number of benzene rings is 1. The molecule has 1 saturated carbocycles. The Morgan fingerprint density at radius 3 is 2.74 bits per heavy atom. The molecular weight excluding hydrogens is 394 g/mol. The van der Waals surface area contributed by atoms with E-state index in [1.165, 1.54) is 0 Å². The molecule has 2 atom stereocenters. The summed E-state index contributed by atoms with van der Waals surface area (Å²) in [5.41, 5.74) is 2.05. The summed E-state index contributed by atoms with van der Waals surface area (Å²) < 4.78 is 6.90. The maximum Gasteiger partial charge on any atom is 0.225 e. The van der Waals surface area contributed by atoms with Gasteiger partial charge in [-0.25, -0.2) is 4.68 Å². The van der Waals surface area contributed by atoms with E-state index in [0.717, 1.165) is 42.7 Å². The van der Waals surface area contributed by atoms with Crippen LogP contribution < -0.4 is 20.7 Å². The zero-order valence-electron chi connectivity index (χ0n) is 18.2. The molecule has 0 radical (unpaired) electrons. The van der Waals surface area contributed by atoms with Crippen molar-refractivity contribution in [2.24, 2.45) is 0 Å². The highest BCUT2D eigenvalue weighted by atomic mass is 16.5. The monoisotopic (exact) mass is 425 g/mol. The lowest BCUT2D eigenvalue weighted by atomic mass is 10.1. The molecule has 3 N–H and O–H groups in total. The minimum absolute atomic E-state index is 0.00227. The Bertz CT molecular complexity index is 920. The number of rotatable bonds is 9. The fraction of sp³-hybridized carbons (Fsp3) is 0.522. The lowest BCUT2D eigenvalue weighted by Gasteiger charge is -2.32. The van der Waals surface area contributed by atoms with E-state index in [2.05, 4.69) is 22.9 Å². The van der Waals surface area contributed by atoms with Crippen LogP contribution >= 0.6 is 0 Å². The average Bonchev–Trinajstić information content (AvgIpc) is 3.53. The number of anilines is 1. The molecule has 4 rings (SSSR count). The number of carbonyl (C=O) groups excluding carboxylic acids is 2. The average molecular weight is 426 g/mol. The second-order valence-corrected chi connectivity index (χ2v) is 8.40. The molecule has 1 aromatic carbocycles. The number of hydrogen-bond acceptors (Lipinski definition) is 5. The molecule has 8 heteroatoms. The Morgan fingerprint density at radius 1 is 1.29 bits per heavy atom. The third-order valence-corrected chi connectivity index (χ3v) is 5.82. The van der Waals surface area contributed by atoms with Crippen LogP contribution in [-0.4, -0.2) is 34.7 Å². The van der Waals surface area contributed by atoms with Crippen LogP contribution in [0.25, 0.3) is 0 Å². The molecular formula is C23H31N5O3. The van der Waals surface area contributed by atoms with Gasteiger partial charge in [0.25, 0.3) is 0 Å². The van der Waals surface area contributed by atoms with Gasteiger partial charge in [-0.1, -0.05) is 25.5 Å². The summed E-state index contributed by atoms with van der Waals surface area (Å²) in [7, 11) is 1.63. The third kappa shape index (κ3) is 5.44. The molecule has 1 saturated heterocycles. The van der Waals surface area contributed by atoms with Gasteiger partial charge < -0.3 is 15.4 Å². The van der Waals surface area contributed by atoms with Crippen molar-refractivity contribution in [2.45, 2.75) is 70.1 Å². The number of amides is 2. The molecule has 31 heavy (non-hydrogen) atoms. The van der Waals surface area contributed by atoms with Gasteiger partial charge >= 0.3 is 0 Å². The summed E-state index contributed by atoms with van der Waals surface area (Å²) >= 11 is 0. The number of nitrogens with one attached hydrogen (secondary N) is 3. The van der Waals surface area contributed by atoms with Crippen LogP contribution in [0.15, 0.2) is 30.3 Å². The van der Waals surface area contributed by atoms with Crippen LogP contribution in [0.2, 0.25) is 0 Å². The Hall–Kier alpha value is -2.87. The summed E-state index contributed by atoms with van der Waals surface area (Å²) in [4.78, 5) is 24.9. The first-order valence-electron chi connectivity index (χ1n) is 11.1. The van der Waals surface area contributed by atoms with Crippen molar-refractivity contribution in [1.82, 2.24) is 20.4 Å². The molecule has 2 unspecified atom stereocenters. The topological polar surface area (TPSA) is 97.3 Å². The maximum atomic E-state index is 12.7. The molecule has 1 aliphatic heterocycles. The first kappa shape index (κ1) is 21.4. The smallest absolute Gasteiger partial charge is 0.225 e. The summed E-state index contributed by atoms with van der Waals surface area (Å²) in [6, 6.07) is 9.78. The molecule has 0 spiro atoms. The van der Waals surface area contributed by atoms with E-state index >= 15 is 0 Å². The van der Waals surface area contributed by atoms with Crippen LogP contribution in [0.4, 0.5) is 5.82 Å². The van der Waals surface area contributed by atoms with Crippen LogP contribution in [0, 0.1) is 0 Å². The molecule has 2 fully saturated rings. The largest absolute Gasteiger partial charge is 0.497 e. The predicted molar refractivity (Wildman–Crippen MR) is 118 cm³/mol. The summed E-state index contributed by atoms with van der Waals surface area (Å²) in [6.07, 6.45) is 5.15. The SMILES string of the molecule is CCCC1CC(=O)NC(n2nc(C3CC3)cc2NC(=O)CCc2ccc(OC)cc2)N1. The second-order valence-electron chi connectivity index (χ2n) is 8.40. The zero-order chi connectivity index (χ0) is 21.8. The van der Waals surface area contributed by atoms with Crippen molar-refractivity contribution >= 4 is 17.6 Å². The number of ether oxygens (including phenoxy) is 1. The van der Waals surface area contributed by atoms with Crippen molar-refractivity contribution < 1.29 is 14.3 Å².